The fourth-order valence-electron chi connectivity index (χ4n) is 2.67. The van der Waals surface area contributed by atoms with Gasteiger partial charge in [0.1, 0.15) is 11.6 Å². The molecule has 0 atom stereocenters. The Bertz CT molecular complexity index is 875. The van der Waals surface area contributed by atoms with Gasteiger partial charge in [0.05, 0.1) is 5.56 Å². The number of terminal acetylenes is 1. The van der Waals surface area contributed by atoms with Crippen molar-refractivity contribution >= 4 is 0 Å². The quantitative estimate of drug-likeness (QED) is 0.532. The molecule has 0 unspecified atom stereocenters. The van der Waals surface area contributed by atoms with Crippen molar-refractivity contribution in [2.45, 2.75) is 13.3 Å². The van der Waals surface area contributed by atoms with Gasteiger partial charge in [-0.2, -0.15) is 0 Å². The van der Waals surface area contributed by atoms with Crippen molar-refractivity contribution in [1.82, 2.24) is 0 Å². The highest BCUT2D eigenvalue weighted by atomic mass is 19.1. The first-order valence-corrected chi connectivity index (χ1v) is 7.77. The van der Waals surface area contributed by atoms with E-state index < -0.39 is 11.6 Å². The van der Waals surface area contributed by atoms with Crippen LogP contribution in [-0.2, 0) is 6.42 Å². The van der Waals surface area contributed by atoms with Crippen LogP contribution in [0, 0.1) is 24.0 Å². The number of benzene rings is 3. The largest absolute Gasteiger partial charge is 0.205 e. The van der Waals surface area contributed by atoms with Crippen LogP contribution < -0.4 is 0 Å². The summed E-state index contributed by atoms with van der Waals surface area (Å²) in [5, 5.41) is 0. The van der Waals surface area contributed by atoms with Gasteiger partial charge in [-0.05, 0) is 46.4 Å². The second kappa shape index (κ2) is 6.68. The molecule has 0 bridgehead atoms. The second-order valence-electron chi connectivity index (χ2n) is 5.59. The monoisotopic (exact) mass is 318 g/mol. The molecular formula is C22H16F2. The highest BCUT2D eigenvalue weighted by molar-refractivity contribution is 5.71. The van der Waals surface area contributed by atoms with E-state index in [1.807, 2.05) is 30.2 Å². The zero-order chi connectivity index (χ0) is 17.1. The van der Waals surface area contributed by atoms with Gasteiger partial charge >= 0.3 is 0 Å². The highest BCUT2D eigenvalue weighted by Crippen LogP contribution is 2.27. The maximum Gasteiger partial charge on any atom is 0.142 e. The summed E-state index contributed by atoms with van der Waals surface area (Å²) < 4.78 is 27.7. The van der Waals surface area contributed by atoms with Crippen molar-refractivity contribution in [2.75, 3.05) is 0 Å². The van der Waals surface area contributed by atoms with Crippen molar-refractivity contribution in [1.29, 1.82) is 0 Å². The van der Waals surface area contributed by atoms with E-state index in [4.69, 9.17) is 6.42 Å². The van der Waals surface area contributed by atoms with Crippen LogP contribution in [0.1, 0.15) is 18.1 Å². The van der Waals surface area contributed by atoms with Crippen molar-refractivity contribution in [3.8, 4) is 34.6 Å². The minimum absolute atomic E-state index is 0.327. The van der Waals surface area contributed by atoms with Crippen molar-refractivity contribution in [3.05, 3.63) is 83.4 Å². The molecule has 3 aromatic rings. The fraction of sp³-hybridized carbons (Fsp3) is 0.0909. The molecule has 0 aliphatic heterocycles. The van der Waals surface area contributed by atoms with Crippen LogP contribution in [0.25, 0.3) is 22.3 Å². The van der Waals surface area contributed by atoms with Gasteiger partial charge in [0.2, 0.25) is 0 Å². The summed E-state index contributed by atoms with van der Waals surface area (Å²) in [4.78, 5) is 0. The van der Waals surface area contributed by atoms with Gasteiger partial charge < -0.3 is 0 Å². The van der Waals surface area contributed by atoms with Crippen molar-refractivity contribution < 1.29 is 8.78 Å². The molecule has 0 saturated heterocycles. The Hall–Kier alpha value is -2.92. The van der Waals surface area contributed by atoms with Crippen LogP contribution in [-0.4, -0.2) is 0 Å². The average molecular weight is 318 g/mol. The molecule has 0 fully saturated rings. The van der Waals surface area contributed by atoms with Crippen LogP contribution in [0.15, 0.2) is 60.7 Å². The summed E-state index contributed by atoms with van der Waals surface area (Å²) in [6, 6.07) is 18.5. The summed E-state index contributed by atoms with van der Waals surface area (Å²) in [6.45, 7) is 2.12. The molecule has 0 nitrogen and oxygen atoms in total. The summed E-state index contributed by atoms with van der Waals surface area (Å²) in [5.74, 6) is 0.600. The first kappa shape index (κ1) is 16.0. The van der Waals surface area contributed by atoms with Gasteiger partial charge in [-0.3, -0.25) is 0 Å². The van der Waals surface area contributed by atoms with Gasteiger partial charge in [0.25, 0.3) is 0 Å². The van der Waals surface area contributed by atoms with E-state index in [-0.39, 0.29) is 5.56 Å². The van der Waals surface area contributed by atoms with Gasteiger partial charge in [0, 0.05) is 0 Å². The van der Waals surface area contributed by atoms with Crippen molar-refractivity contribution in [3.63, 3.8) is 0 Å². The molecule has 118 valence electrons. The number of hydrogen-bond acceptors (Lipinski definition) is 0. The molecule has 0 amide bonds. The SMILES string of the molecule is C#Cc1c(F)cc(-c2ccc(-c3ccc(CC)cc3)cc2)cc1F. The zero-order valence-corrected chi connectivity index (χ0v) is 13.3. The number of hydrogen-bond donors (Lipinski definition) is 0. The molecule has 3 rings (SSSR count). The third-order valence-corrected chi connectivity index (χ3v) is 4.10. The normalized spacial score (nSPS) is 10.4. The lowest BCUT2D eigenvalue weighted by molar-refractivity contribution is 0.578. The van der Waals surface area contributed by atoms with Gasteiger partial charge in [-0.1, -0.05) is 61.4 Å². The first-order valence-electron chi connectivity index (χ1n) is 7.77. The Labute approximate surface area is 140 Å². The zero-order valence-electron chi connectivity index (χ0n) is 13.3. The van der Waals surface area contributed by atoms with E-state index in [9.17, 15) is 8.78 Å². The van der Waals surface area contributed by atoms with Crippen LogP contribution >= 0.6 is 0 Å². The predicted octanol–water partition coefficient (Wildman–Crippen LogP) is 5.84. The Balaban J connectivity index is 1.93. The molecule has 3 aromatic carbocycles. The minimum atomic E-state index is -0.716. The lowest BCUT2D eigenvalue weighted by Crippen LogP contribution is -1.92. The number of aryl methyl sites for hydroxylation is 1. The van der Waals surface area contributed by atoms with E-state index in [1.54, 1.807) is 0 Å². The first-order chi connectivity index (χ1) is 11.6. The molecule has 0 aliphatic rings. The molecule has 0 aliphatic carbocycles. The Morgan fingerprint density at radius 3 is 1.58 bits per heavy atom. The molecule has 0 N–H and O–H groups in total. The van der Waals surface area contributed by atoms with E-state index in [2.05, 4.69) is 31.2 Å². The highest BCUT2D eigenvalue weighted by Gasteiger charge is 2.10. The molecular weight excluding hydrogens is 302 g/mol. The maximum atomic E-state index is 13.8. The molecule has 0 spiro atoms. The molecule has 0 heterocycles. The summed E-state index contributed by atoms with van der Waals surface area (Å²) in [5.41, 5.74) is 4.34. The van der Waals surface area contributed by atoms with Crippen molar-refractivity contribution in [2.24, 2.45) is 0 Å². The fourth-order valence-corrected chi connectivity index (χ4v) is 2.67. The standard InChI is InChI=1S/C22H16F2/c1-3-15-5-7-16(8-6-15)17-9-11-18(12-10-17)19-13-21(23)20(4-2)22(24)14-19/h2,5-14H,3H2,1H3. The van der Waals surface area contributed by atoms with Gasteiger partial charge in [-0.25, -0.2) is 8.78 Å². The third kappa shape index (κ3) is 3.07. The summed E-state index contributed by atoms with van der Waals surface area (Å²) >= 11 is 0. The van der Waals surface area contributed by atoms with Gasteiger partial charge in [0.15, 0.2) is 0 Å². The smallest absolute Gasteiger partial charge is 0.142 e. The summed E-state index contributed by atoms with van der Waals surface area (Å²) in [7, 11) is 0. The maximum absolute atomic E-state index is 13.8. The number of halogens is 2. The minimum Gasteiger partial charge on any atom is -0.205 e. The van der Waals surface area contributed by atoms with E-state index in [0.717, 1.165) is 23.1 Å². The van der Waals surface area contributed by atoms with E-state index >= 15 is 0 Å². The Kier molecular flexibility index (Phi) is 4.44. The molecule has 0 radical (unpaired) electrons. The third-order valence-electron chi connectivity index (χ3n) is 4.10. The molecule has 24 heavy (non-hydrogen) atoms. The lowest BCUT2D eigenvalue weighted by atomic mass is 9.98. The Morgan fingerprint density at radius 2 is 1.17 bits per heavy atom. The van der Waals surface area contributed by atoms with Crippen LogP contribution in [0.4, 0.5) is 8.78 Å². The van der Waals surface area contributed by atoms with Crippen LogP contribution in [0.2, 0.25) is 0 Å². The number of rotatable bonds is 3. The lowest BCUT2D eigenvalue weighted by Gasteiger charge is -2.07. The van der Waals surface area contributed by atoms with Crippen LogP contribution in [0.5, 0.6) is 0 Å². The van der Waals surface area contributed by atoms with Crippen LogP contribution in [0.3, 0.4) is 0 Å². The predicted molar refractivity (Wildman–Crippen MR) is 94.5 cm³/mol. The average Bonchev–Trinajstić information content (AvgIpc) is 2.62. The van der Waals surface area contributed by atoms with E-state index in [0.29, 0.717) is 5.56 Å². The topological polar surface area (TPSA) is 0 Å². The summed E-state index contributed by atoms with van der Waals surface area (Å²) in [6.07, 6.45) is 6.12. The molecule has 2 heteroatoms. The molecule has 0 aromatic heterocycles. The van der Waals surface area contributed by atoms with Gasteiger partial charge in [-0.15, -0.1) is 6.42 Å². The Morgan fingerprint density at radius 1 is 0.750 bits per heavy atom. The molecule has 0 saturated carbocycles. The second-order valence-corrected chi connectivity index (χ2v) is 5.59. The van der Waals surface area contributed by atoms with E-state index in [1.165, 1.54) is 17.7 Å².